The number of nitrogens with one attached hydrogen (secondary N) is 2. The molecule has 1 saturated heterocycles. The van der Waals surface area contributed by atoms with E-state index in [1.165, 1.54) is 6.07 Å². The number of hydrogen-bond acceptors (Lipinski definition) is 4. The standard InChI is InChI=1S/C22H27FN4O2/c1-17-6-8-18(9-7-17)24-22(29)16-27-14-12-26(13-15-27)11-10-21(28)25-20-5-3-2-4-19(20)23/h2-9H,10-16H2,1H3,(H,24,29)(H,25,28). The summed E-state index contributed by atoms with van der Waals surface area (Å²) in [7, 11) is 0. The Kier molecular flexibility index (Phi) is 7.32. The van der Waals surface area contributed by atoms with Gasteiger partial charge >= 0.3 is 0 Å². The summed E-state index contributed by atoms with van der Waals surface area (Å²) in [6.45, 7) is 6.12. The molecule has 1 fully saturated rings. The Balaban J connectivity index is 1.34. The normalized spacial score (nSPS) is 15.1. The van der Waals surface area contributed by atoms with Gasteiger partial charge in [-0.3, -0.25) is 14.5 Å². The second-order valence-corrected chi connectivity index (χ2v) is 7.31. The molecule has 0 saturated carbocycles. The molecule has 2 aromatic rings. The topological polar surface area (TPSA) is 64.7 Å². The molecule has 2 aromatic carbocycles. The van der Waals surface area contributed by atoms with Gasteiger partial charge in [0.05, 0.1) is 12.2 Å². The van der Waals surface area contributed by atoms with Crippen molar-refractivity contribution in [2.75, 3.05) is 49.9 Å². The highest BCUT2D eigenvalue weighted by Gasteiger charge is 2.19. The molecule has 0 spiro atoms. The van der Waals surface area contributed by atoms with E-state index in [9.17, 15) is 14.0 Å². The van der Waals surface area contributed by atoms with Gasteiger partial charge in [-0.15, -0.1) is 0 Å². The van der Waals surface area contributed by atoms with Gasteiger partial charge in [0, 0.05) is 44.8 Å². The largest absolute Gasteiger partial charge is 0.325 e. The summed E-state index contributed by atoms with van der Waals surface area (Å²) in [6, 6.07) is 13.9. The minimum absolute atomic E-state index is 0.0217. The van der Waals surface area contributed by atoms with Gasteiger partial charge in [0.25, 0.3) is 0 Å². The molecule has 0 aromatic heterocycles. The van der Waals surface area contributed by atoms with E-state index in [1.54, 1.807) is 18.2 Å². The number of hydrogen-bond donors (Lipinski definition) is 2. The van der Waals surface area contributed by atoms with Crippen molar-refractivity contribution in [3.8, 4) is 0 Å². The smallest absolute Gasteiger partial charge is 0.238 e. The van der Waals surface area contributed by atoms with Crippen molar-refractivity contribution >= 4 is 23.2 Å². The van der Waals surface area contributed by atoms with E-state index >= 15 is 0 Å². The van der Waals surface area contributed by atoms with Crippen LogP contribution in [-0.2, 0) is 9.59 Å². The highest BCUT2D eigenvalue weighted by Crippen LogP contribution is 2.13. The molecule has 0 unspecified atom stereocenters. The predicted molar refractivity (Wildman–Crippen MR) is 112 cm³/mol. The third-order valence-electron chi connectivity index (χ3n) is 4.97. The maximum atomic E-state index is 13.6. The summed E-state index contributed by atoms with van der Waals surface area (Å²) in [4.78, 5) is 28.6. The van der Waals surface area contributed by atoms with Gasteiger partial charge in [0.2, 0.25) is 11.8 Å². The number of halogens is 1. The number of anilines is 2. The van der Waals surface area contributed by atoms with Gasteiger partial charge in [-0.1, -0.05) is 29.8 Å². The van der Waals surface area contributed by atoms with Crippen LogP contribution in [0.2, 0.25) is 0 Å². The Hall–Kier alpha value is -2.77. The van der Waals surface area contributed by atoms with E-state index < -0.39 is 5.82 Å². The molecule has 0 atom stereocenters. The fourth-order valence-corrected chi connectivity index (χ4v) is 3.25. The monoisotopic (exact) mass is 398 g/mol. The summed E-state index contributed by atoms with van der Waals surface area (Å²) in [5.41, 5.74) is 2.17. The molecule has 29 heavy (non-hydrogen) atoms. The molecule has 1 heterocycles. The number of rotatable bonds is 7. The number of nitrogens with zero attached hydrogens (tertiary/aromatic N) is 2. The number of carbonyl (C=O) groups excluding carboxylic acids is 2. The molecule has 1 aliphatic rings. The third kappa shape index (κ3) is 6.66. The lowest BCUT2D eigenvalue weighted by Gasteiger charge is -2.34. The van der Waals surface area contributed by atoms with Crippen molar-refractivity contribution in [1.29, 1.82) is 0 Å². The zero-order valence-corrected chi connectivity index (χ0v) is 16.7. The maximum Gasteiger partial charge on any atom is 0.238 e. The second-order valence-electron chi connectivity index (χ2n) is 7.31. The fraction of sp³-hybridized carbons (Fsp3) is 0.364. The van der Waals surface area contributed by atoms with Crippen molar-refractivity contribution in [2.24, 2.45) is 0 Å². The molecular formula is C22H27FN4O2. The van der Waals surface area contributed by atoms with Crippen LogP contribution in [0.25, 0.3) is 0 Å². The SMILES string of the molecule is Cc1ccc(NC(=O)CN2CCN(CCC(=O)Nc3ccccc3F)CC2)cc1. The number of para-hydroxylation sites is 1. The van der Waals surface area contributed by atoms with Crippen molar-refractivity contribution in [1.82, 2.24) is 9.80 Å². The number of carbonyl (C=O) groups is 2. The minimum atomic E-state index is -0.432. The van der Waals surface area contributed by atoms with Gasteiger partial charge in [0.1, 0.15) is 5.82 Å². The minimum Gasteiger partial charge on any atom is -0.325 e. The first-order chi connectivity index (χ1) is 14.0. The van der Waals surface area contributed by atoms with Gasteiger partial charge in [-0.25, -0.2) is 4.39 Å². The highest BCUT2D eigenvalue weighted by atomic mass is 19.1. The van der Waals surface area contributed by atoms with Crippen LogP contribution in [0.1, 0.15) is 12.0 Å². The van der Waals surface area contributed by atoms with Crippen LogP contribution in [0.5, 0.6) is 0 Å². The van der Waals surface area contributed by atoms with Gasteiger partial charge < -0.3 is 15.5 Å². The molecule has 3 rings (SSSR count). The van der Waals surface area contributed by atoms with Crippen LogP contribution < -0.4 is 10.6 Å². The maximum absolute atomic E-state index is 13.6. The summed E-state index contributed by atoms with van der Waals surface area (Å²) in [6.07, 6.45) is 0.308. The first-order valence-electron chi connectivity index (χ1n) is 9.85. The molecule has 0 bridgehead atoms. The van der Waals surface area contributed by atoms with Crippen LogP contribution in [0.3, 0.4) is 0 Å². The lowest BCUT2D eigenvalue weighted by Crippen LogP contribution is -2.49. The molecule has 2 amide bonds. The van der Waals surface area contributed by atoms with E-state index in [-0.39, 0.29) is 17.5 Å². The summed E-state index contributed by atoms with van der Waals surface area (Å²) < 4.78 is 13.6. The van der Waals surface area contributed by atoms with Crippen molar-refractivity contribution in [3.05, 3.63) is 59.9 Å². The zero-order chi connectivity index (χ0) is 20.6. The average molecular weight is 398 g/mol. The van der Waals surface area contributed by atoms with E-state index in [2.05, 4.69) is 20.4 Å². The Morgan fingerprint density at radius 3 is 2.24 bits per heavy atom. The van der Waals surface area contributed by atoms with E-state index in [1.807, 2.05) is 31.2 Å². The number of piperazine rings is 1. The van der Waals surface area contributed by atoms with E-state index in [0.717, 1.165) is 37.4 Å². The Morgan fingerprint density at radius 1 is 0.897 bits per heavy atom. The van der Waals surface area contributed by atoms with E-state index in [4.69, 9.17) is 0 Å². The summed E-state index contributed by atoms with van der Waals surface area (Å²) in [5, 5.41) is 5.52. The predicted octanol–water partition coefficient (Wildman–Crippen LogP) is 2.72. The Bertz CT molecular complexity index is 833. The zero-order valence-electron chi connectivity index (χ0n) is 16.7. The molecular weight excluding hydrogens is 371 g/mol. The lowest BCUT2D eigenvalue weighted by atomic mass is 10.2. The van der Waals surface area contributed by atoms with Gasteiger partial charge in [0.15, 0.2) is 0 Å². The van der Waals surface area contributed by atoms with Gasteiger partial charge in [-0.05, 0) is 31.2 Å². The highest BCUT2D eigenvalue weighted by molar-refractivity contribution is 5.92. The lowest BCUT2D eigenvalue weighted by molar-refractivity contribution is -0.117. The fourth-order valence-electron chi connectivity index (χ4n) is 3.25. The van der Waals surface area contributed by atoms with Crippen LogP contribution in [0.15, 0.2) is 48.5 Å². The first kappa shape index (κ1) is 21.0. The van der Waals surface area contributed by atoms with Gasteiger partial charge in [-0.2, -0.15) is 0 Å². The molecule has 2 N–H and O–H groups in total. The number of amides is 2. The summed E-state index contributed by atoms with van der Waals surface area (Å²) >= 11 is 0. The van der Waals surface area contributed by atoms with Crippen LogP contribution in [0, 0.1) is 12.7 Å². The molecule has 1 aliphatic heterocycles. The number of benzene rings is 2. The van der Waals surface area contributed by atoms with Crippen LogP contribution in [0.4, 0.5) is 15.8 Å². The average Bonchev–Trinajstić information content (AvgIpc) is 2.71. The van der Waals surface area contributed by atoms with Crippen LogP contribution >= 0.6 is 0 Å². The second kappa shape index (κ2) is 10.1. The molecule has 7 heteroatoms. The Labute approximate surface area is 170 Å². The van der Waals surface area contributed by atoms with Crippen molar-refractivity contribution in [2.45, 2.75) is 13.3 Å². The first-order valence-corrected chi connectivity index (χ1v) is 9.85. The molecule has 6 nitrogen and oxygen atoms in total. The van der Waals surface area contributed by atoms with Crippen LogP contribution in [-0.4, -0.2) is 60.9 Å². The Morgan fingerprint density at radius 2 is 1.55 bits per heavy atom. The quantitative estimate of drug-likeness (QED) is 0.753. The van der Waals surface area contributed by atoms with Crippen molar-refractivity contribution < 1.29 is 14.0 Å². The number of aryl methyl sites for hydroxylation is 1. The third-order valence-corrected chi connectivity index (χ3v) is 4.97. The molecule has 0 radical (unpaired) electrons. The molecule has 154 valence electrons. The van der Waals surface area contributed by atoms with E-state index in [0.29, 0.717) is 19.5 Å². The summed E-state index contributed by atoms with van der Waals surface area (Å²) in [5.74, 6) is -0.653. The molecule has 0 aliphatic carbocycles. The van der Waals surface area contributed by atoms with Crippen molar-refractivity contribution in [3.63, 3.8) is 0 Å².